The Balaban J connectivity index is 1.41. The van der Waals surface area contributed by atoms with Crippen molar-refractivity contribution in [2.75, 3.05) is 11.1 Å². The molecule has 0 unspecified atom stereocenters. The molecule has 134 valence electrons. The van der Waals surface area contributed by atoms with Crippen molar-refractivity contribution >= 4 is 34.1 Å². The molecule has 0 saturated carbocycles. The molecule has 1 amide bonds. The van der Waals surface area contributed by atoms with Gasteiger partial charge in [-0.1, -0.05) is 83.3 Å². The molecule has 3 rings (SSSR count). The fourth-order valence-corrected chi connectivity index (χ4v) is 4.23. The third-order valence-corrected chi connectivity index (χ3v) is 5.87. The number of anilines is 1. The molecule has 3 aromatic rings. The Bertz CT molecular complexity index is 832. The maximum Gasteiger partial charge on any atom is 0.230 e. The van der Waals surface area contributed by atoms with E-state index in [1.807, 2.05) is 37.3 Å². The zero-order chi connectivity index (χ0) is 18.2. The van der Waals surface area contributed by atoms with Crippen molar-refractivity contribution in [1.29, 1.82) is 0 Å². The molecule has 0 bridgehead atoms. The second kappa shape index (κ2) is 9.50. The van der Waals surface area contributed by atoms with E-state index in [1.165, 1.54) is 22.5 Å². The van der Waals surface area contributed by atoms with Gasteiger partial charge in [0.1, 0.15) is 0 Å². The SMILES string of the molecule is Cc1ccc(CC(=O)Nc2nnc(SCCCc3ccccc3)s2)cc1. The molecule has 4 nitrogen and oxygen atoms in total. The molecule has 1 aromatic heterocycles. The Morgan fingerprint density at radius 2 is 1.81 bits per heavy atom. The van der Waals surface area contributed by atoms with Crippen LogP contribution in [0.4, 0.5) is 5.13 Å². The van der Waals surface area contributed by atoms with Crippen LogP contribution in [-0.2, 0) is 17.6 Å². The molecular weight excluding hydrogens is 362 g/mol. The van der Waals surface area contributed by atoms with Crippen LogP contribution in [0.2, 0.25) is 0 Å². The van der Waals surface area contributed by atoms with Crippen molar-refractivity contribution in [2.24, 2.45) is 0 Å². The van der Waals surface area contributed by atoms with Crippen LogP contribution < -0.4 is 5.32 Å². The minimum Gasteiger partial charge on any atom is -0.300 e. The highest BCUT2D eigenvalue weighted by Gasteiger charge is 2.09. The summed E-state index contributed by atoms with van der Waals surface area (Å²) in [6, 6.07) is 18.4. The number of carbonyl (C=O) groups excluding carboxylic acids is 1. The molecule has 0 aliphatic heterocycles. The van der Waals surface area contributed by atoms with Crippen molar-refractivity contribution in [1.82, 2.24) is 10.2 Å². The second-order valence-corrected chi connectivity index (χ2v) is 8.34. The number of rotatable bonds is 8. The first kappa shape index (κ1) is 18.6. The van der Waals surface area contributed by atoms with Crippen molar-refractivity contribution < 1.29 is 4.79 Å². The van der Waals surface area contributed by atoms with Gasteiger partial charge >= 0.3 is 0 Å². The number of aryl methyl sites for hydroxylation is 2. The Morgan fingerprint density at radius 1 is 1.04 bits per heavy atom. The van der Waals surface area contributed by atoms with Crippen molar-refractivity contribution in [2.45, 2.75) is 30.5 Å². The van der Waals surface area contributed by atoms with Gasteiger partial charge < -0.3 is 5.32 Å². The van der Waals surface area contributed by atoms with E-state index >= 15 is 0 Å². The van der Waals surface area contributed by atoms with Crippen molar-refractivity contribution in [3.63, 3.8) is 0 Å². The Labute approximate surface area is 162 Å². The second-order valence-electron chi connectivity index (χ2n) is 6.02. The van der Waals surface area contributed by atoms with Crippen LogP contribution in [0.15, 0.2) is 58.9 Å². The highest BCUT2D eigenvalue weighted by molar-refractivity contribution is 8.01. The minimum atomic E-state index is -0.0642. The first-order chi connectivity index (χ1) is 12.7. The van der Waals surface area contributed by atoms with Gasteiger partial charge in [0.2, 0.25) is 11.0 Å². The van der Waals surface area contributed by atoms with Crippen LogP contribution in [0.3, 0.4) is 0 Å². The van der Waals surface area contributed by atoms with Gasteiger partial charge in [-0.3, -0.25) is 4.79 Å². The van der Waals surface area contributed by atoms with Crippen molar-refractivity contribution in [3.8, 4) is 0 Å². The van der Waals surface area contributed by atoms with E-state index in [1.54, 1.807) is 11.8 Å². The average Bonchev–Trinajstić information content (AvgIpc) is 3.09. The van der Waals surface area contributed by atoms with E-state index in [9.17, 15) is 4.79 Å². The van der Waals surface area contributed by atoms with E-state index in [4.69, 9.17) is 0 Å². The number of benzene rings is 2. The molecule has 26 heavy (non-hydrogen) atoms. The quantitative estimate of drug-likeness (QED) is 0.346. The van der Waals surface area contributed by atoms with Crippen LogP contribution in [0.25, 0.3) is 0 Å². The molecular formula is C20H21N3OS2. The van der Waals surface area contributed by atoms with E-state index in [0.717, 1.165) is 28.5 Å². The molecule has 6 heteroatoms. The first-order valence-electron chi connectivity index (χ1n) is 8.55. The number of carbonyl (C=O) groups is 1. The summed E-state index contributed by atoms with van der Waals surface area (Å²) in [6.07, 6.45) is 2.50. The molecule has 0 aliphatic carbocycles. The third kappa shape index (κ3) is 5.97. The van der Waals surface area contributed by atoms with E-state index < -0.39 is 0 Å². The number of amides is 1. The van der Waals surface area contributed by atoms with Crippen molar-refractivity contribution in [3.05, 3.63) is 71.3 Å². The maximum absolute atomic E-state index is 12.1. The lowest BCUT2D eigenvalue weighted by Gasteiger charge is -2.02. The largest absolute Gasteiger partial charge is 0.300 e. The number of nitrogens with zero attached hydrogens (tertiary/aromatic N) is 2. The van der Waals surface area contributed by atoms with Crippen LogP contribution in [0.1, 0.15) is 23.1 Å². The highest BCUT2D eigenvalue weighted by atomic mass is 32.2. The number of hydrogen-bond donors (Lipinski definition) is 1. The predicted octanol–water partition coefficient (Wildman–Crippen LogP) is 4.75. The summed E-state index contributed by atoms with van der Waals surface area (Å²) in [6.45, 7) is 2.03. The summed E-state index contributed by atoms with van der Waals surface area (Å²) in [4.78, 5) is 12.1. The minimum absolute atomic E-state index is 0.0642. The van der Waals surface area contributed by atoms with E-state index in [-0.39, 0.29) is 5.91 Å². The summed E-state index contributed by atoms with van der Waals surface area (Å²) in [5.74, 6) is 0.923. The predicted molar refractivity (Wildman–Crippen MR) is 109 cm³/mol. The summed E-state index contributed by atoms with van der Waals surface area (Å²) in [5.41, 5.74) is 3.54. The number of nitrogens with one attached hydrogen (secondary N) is 1. The monoisotopic (exact) mass is 383 g/mol. The molecule has 0 fully saturated rings. The average molecular weight is 384 g/mol. The van der Waals surface area contributed by atoms with E-state index in [2.05, 4.69) is 39.8 Å². The molecule has 1 heterocycles. The van der Waals surface area contributed by atoms with Crippen LogP contribution >= 0.6 is 23.1 Å². The topological polar surface area (TPSA) is 54.9 Å². The Kier molecular flexibility index (Phi) is 6.80. The van der Waals surface area contributed by atoms with E-state index in [0.29, 0.717) is 11.6 Å². The summed E-state index contributed by atoms with van der Waals surface area (Å²) in [7, 11) is 0. The number of aromatic nitrogens is 2. The Morgan fingerprint density at radius 3 is 2.58 bits per heavy atom. The molecule has 2 aromatic carbocycles. The van der Waals surface area contributed by atoms with Gasteiger partial charge in [0.25, 0.3) is 0 Å². The smallest absolute Gasteiger partial charge is 0.230 e. The van der Waals surface area contributed by atoms with Crippen LogP contribution in [0.5, 0.6) is 0 Å². The molecule has 0 aliphatic rings. The van der Waals surface area contributed by atoms with Crippen LogP contribution in [-0.4, -0.2) is 21.9 Å². The molecule has 0 saturated heterocycles. The fourth-order valence-electron chi connectivity index (χ4n) is 2.45. The van der Waals surface area contributed by atoms with Crippen LogP contribution in [0, 0.1) is 6.92 Å². The molecule has 0 spiro atoms. The maximum atomic E-state index is 12.1. The summed E-state index contributed by atoms with van der Waals surface area (Å²) < 4.78 is 0.892. The van der Waals surface area contributed by atoms with Gasteiger partial charge in [0.15, 0.2) is 4.34 Å². The zero-order valence-electron chi connectivity index (χ0n) is 14.6. The lowest BCUT2D eigenvalue weighted by Crippen LogP contribution is -2.14. The lowest BCUT2D eigenvalue weighted by molar-refractivity contribution is -0.115. The standard InChI is InChI=1S/C20H21N3OS2/c1-15-9-11-17(12-10-15)14-18(24)21-19-22-23-20(26-19)25-13-5-8-16-6-3-2-4-7-16/h2-4,6-7,9-12H,5,8,13-14H2,1H3,(H,21,22,24). The van der Waals surface area contributed by atoms with Gasteiger partial charge in [-0.2, -0.15) is 0 Å². The number of hydrogen-bond acceptors (Lipinski definition) is 5. The highest BCUT2D eigenvalue weighted by Crippen LogP contribution is 2.26. The first-order valence-corrected chi connectivity index (χ1v) is 10.3. The molecule has 0 radical (unpaired) electrons. The zero-order valence-corrected chi connectivity index (χ0v) is 16.3. The molecule has 1 N–H and O–H groups in total. The van der Waals surface area contributed by atoms with Gasteiger partial charge in [-0.15, -0.1) is 10.2 Å². The lowest BCUT2D eigenvalue weighted by atomic mass is 10.1. The normalized spacial score (nSPS) is 10.7. The van der Waals surface area contributed by atoms with Gasteiger partial charge in [0.05, 0.1) is 6.42 Å². The molecule has 0 atom stereocenters. The van der Waals surface area contributed by atoms with Gasteiger partial charge in [-0.25, -0.2) is 0 Å². The Hall–Kier alpha value is -2.18. The van der Waals surface area contributed by atoms with Gasteiger partial charge in [-0.05, 0) is 30.9 Å². The third-order valence-electron chi connectivity index (χ3n) is 3.82. The van der Waals surface area contributed by atoms with Gasteiger partial charge in [0, 0.05) is 5.75 Å². The summed E-state index contributed by atoms with van der Waals surface area (Å²) in [5, 5.41) is 11.6. The number of thioether (sulfide) groups is 1. The summed E-state index contributed by atoms with van der Waals surface area (Å²) >= 11 is 3.12. The fraction of sp³-hybridized carbons (Fsp3) is 0.250.